The van der Waals surface area contributed by atoms with Gasteiger partial charge in [-0.05, 0) is 13.8 Å². The smallest absolute Gasteiger partial charge is 0.434 e. The number of hydrogen-bond acceptors (Lipinski definition) is 5. The van der Waals surface area contributed by atoms with E-state index in [0.29, 0.717) is 7.11 Å². The largest absolute Gasteiger partial charge is 0.489 e. The zero-order valence-electron chi connectivity index (χ0n) is 12.9. The van der Waals surface area contributed by atoms with E-state index in [-0.39, 0.29) is 0 Å². The molecule has 0 bridgehead atoms. The van der Waals surface area contributed by atoms with Gasteiger partial charge >= 0.3 is 24.3 Å². The minimum atomic E-state index is -5.54. The maximum Gasteiger partial charge on any atom is 0.434 e. The first-order valence-corrected chi connectivity index (χ1v) is 6.42. The number of halogens is 6. The number of alkyl halides is 6. The molecule has 0 saturated carbocycles. The molecule has 1 heterocycles. The Kier molecular flexibility index (Phi) is 5.55. The lowest BCUT2D eigenvalue weighted by atomic mass is 10.0. The summed E-state index contributed by atoms with van der Waals surface area (Å²) in [5.41, 5.74) is -7.85. The average Bonchev–Trinajstić information content (AvgIpc) is 2.42. The monoisotopic (exact) mass is 375 g/mol. The molecule has 12 heteroatoms. The fourth-order valence-corrected chi connectivity index (χ4v) is 1.82. The van der Waals surface area contributed by atoms with Crippen LogP contribution in [0.15, 0.2) is 0 Å². The van der Waals surface area contributed by atoms with E-state index in [4.69, 9.17) is 9.84 Å². The van der Waals surface area contributed by atoms with Gasteiger partial charge in [0, 0.05) is 0 Å². The van der Waals surface area contributed by atoms with Crippen molar-refractivity contribution in [3.8, 4) is 5.75 Å². The summed E-state index contributed by atoms with van der Waals surface area (Å²) in [7, 11) is 0.666. The van der Waals surface area contributed by atoms with E-state index in [1.807, 2.05) is 0 Å². The first-order valence-electron chi connectivity index (χ1n) is 6.42. The molecule has 0 aliphatic rings. The number of methoxy groups -OCH3 is 1. The number of aromatic carboxylic acids is 1. The fourth-order valence-electron chi connectivity index (χ4n) is 1.82. The van der Waals surface area contributed by atoms with Crippen LogP contribution in [0.3, 0.4) is 0 Å². The number of nitrogens with zero attached hydrogens (tertiary/aromatic N) is 1. The van der Waals surface area contributed by atoms with Gasteiger partial charge in [0.25, 0.3) is 0 Å². The molecule has 0 fully saturated rings. The number of esters is 1. The Hall–Kier alpha value is -2.53. The van der Waals surface area contributed by atoms with Gasteiger partial charge in [0.2, 0.25) is 0 Å². The lowest BCUT2D eigenvalue weighted by Gasteiger charge is -2.22. The fraction of sp³-hybridized carbons (Fsp3) is 0.462. The van der Waals surface area contributed by atoms with Crippen LogP contribution in [0.4, 0.5) is 26.3 Å². The quantitative estimate of drug-likeness (QED) is 0.641. The molecule has 0 spiro atoms. The second-order valence-electron chi connectivity index (χ2n) is 4.85. The molecule has 0 aromatic carbocycles. The van der Waals surface area contributed by atoms with Gasteiger partial charge in [-0.15, -0.1) is 0 Å². The van der Waals surface area contributed by atoms with Crippen molar-refractivity contribution in [1.82, 2.24) is 4.98 Å². The molecule has 0 amide bonds. The van der Waals surface area contributed by atoms with E-state index in [2.05, 4.69) is 9.72 Å². The number of carboxylic acid groups (broad SMARTS) is 1. The highest BCUT2D eigenvalue weighted by atomic mass is 19.4. The maximum absolute atomic E-state index is 13.1. The van der Waals surface area contributed by atoms with Crippen LogP contribution in [0.25, 0.3) is 0 Å². The van der Waals surface area contributed by atoms with Crippen molar-refractivity contribution in [2.45, 2.75) is 32.3 Å². The highest BCUT2D eigenvalue weighted by Crippen LogP contribution is 2.43. The highest BCUT2D eigenvalue weighted by molar-refractivity contribution is 6.01. The molecule has 25 heavy (non-hydrogen) atoms. The summed E-state index contributed by atoms with van der Waals surface area (Å²) in [5.74, 6) is -5.43. The summed E-state index contributed by atoms with van der Waals surface area (Å²) in [4.78, 5) is 25.3. The van der Waals surface area contributed by atoms with Crippen LogP contribution in [-0.2, 0) is 17.1 Å². The van der Waals surface area contributed by atoms with Crippen LogP contribution >= 0.6 is 0 Å². The third-order valence-electron chi connectivity index (χ3n) is 2.65. The Labute approximate surface area is 136 Å². The lowest BCUT2D eigenvalue weighted by Crippen LogP contribution is -2.27. The molecular formula is C13H11F6NO5. The number of carbonyl (C=O) groups excluding carboxylic acids is 1. The molecule has 0 aliphatic carbocycles. The molecule has 0 aliphatic heterocycles. The van der Waals surface area contributed by atoms with Crippen molar-refractivity contribution in [1.29, 1.82) is 0 Å². The third kappa shape index (κ3) is 4.31. The Bertz CT molecular complexity index is 696. The number of carboxylic acids is 1. The van der Waals surface area contributed by atoms with E-state index >= 15 is 0 Å². The van der Waals surface area contributed by atoms with Gasteiger partial charge in [-0.3, -0.25) is 0 Å². The predicted octanol–water partition coefficient (Wildman–Crippen LogP) is 3.39. The summed E-state index contributed by atoms with van der Waals surface area (Å²) in [6, 6.07) is 0. The lowest BCUT2D eigenvalue weighted by molar-refractivity contribution is -0.151. The van der Waals surface area contributed by atoms with Gasteiger partial charge in [-0.1, -0.05) is 0 Å². The van der Waals surface area contributed by atoms with E-state index in [1.165, 1.54) is 13.8 Å². The number of pyridine rings is 1. The molecule has 0 radical (unpaired) electrons. The number of carbonyl (C=O) groups is 2. The third-order valence-corrected chi connectivity index (χ3v) is 2.65. The molecule has 6 nitrogen and oxygen atoms in total. The standard InChI is InChI=1S/C13H11F6NO5/c1-4(2)25-7-5(10(21)22)8(12(14,15)16)20-9(13(17,18)19)6(7)11(23)24-3/h4H,1-3H3,(H,21,22). The van der Waals surface area contributed by atoms with Gasteiger partial charge in [0.05, 0.1) is 13.2 Å². The average molecular weight is 375 g/mol. The summed E-state index contributed by atoms with van der Waals surface area (Å²) in [5, 5.41) is 9.04. The van der Waals surface area contributed by atoms with Crippen LogP contribution < -0.4 is 4.74 Å². The van der Waals surface area contributed by atoms with Gasteiger partial charge in [-0.25, -0.2) is 14.6 Å². The molecule has 1 N–H and O–H groups in total. The van der Waals surface area contributed by atoms with Gasteiger partial charge in [-0.2, -0.15) is 26.3 Å². The van der Waals surface area contributed by atoms with Crippen LogP contribution in [0.2, 0.25) is 0 Å². The number of rotatable bonds is 4. The Morgan fingerprint density at radius 1 is 1.00 bits per heavy atom. The molecule has 1 rings (SSSR count). The summed E-state index contributed by atoms with van der Waals surface area (Å²) >= 11 is 0. The Morgan fingerprint density at radius 2 is 1.44 bits per heavy atom. The van der Waals surface area contributed by atoms with Crippen molar-refractivity contribution in [2.24, 2.45) is 0 Å². The van der Waals surface area contributed by atoms with E-state index in [0.717, 1.165) is 0 Å². The summed E-state index contributed by atoms with van der Waals surface area (Å²) < 4.78 is 87.4. The van der Waals surface area contributed by atoms with Crippen molar-refractivity contribution >= 4 is 11.9 Å². The topological polar surface area (TPSA) is 85.7 Å². The van der Waals surface area contributed by atoms with Crippen molar-refractivity contribution in [3.63, 3.8) is 0 Å². The first-order chi connectivity index (χ1) is 11.2. The second kappa shape index (κ2) is 6.76. The van der Waals surface area contributed by atoms with Crippen LogP contribution in [0.1, 0.15) is 46.0 Å². The molecule has 0 atom stereocenters. The number of hydrogen-bond donors (Lipinski definition) is 1. The van der Waals surface area contributed by atoms with E-state index in [1.54, 1.807) is 0 Å². The Morgan fingerprint density at radius 3 is 1.76 bits per heavy atom. The molecule has 1 aromatic heterocycles. The molecule has 0 unspecified atom stereocenters. The maximum atomic E-state index is 13.1. The van der Waals surface area contributed by atoms with Crippen LogP contribution in [0, 0.1) is 0 Å². The minimum Gasteiger partial charge on any atom is -0.489 e. The summed E-state index contributed by atoms with van der Waals surface area (Å²) in [6.45, 7) is 2.43. The van der Waals surface area contributed by atoms with Gasteiger partial charge < -0.3 is 14.6 Å². The molecule has 0 saturated heterocycles. The zero-order chi connectivity index (χ0) is 19.7. The molecule has 140 valence electrons. The van der Waals surface area contributed by atoms with E-state index in [9.17, 15) is 35.9 Å². The van der Waals surface area contributed by atoms with Crippen LogP contribution in [-0.4, -0.2) is 35.2 Å². The van der Waals surface area contributed by atoms with Crippen molar-refractivity contribution in [3.05, 3.63) is 22.5 Å². The van der Waals surface area contributed by atoms with Gasteiger partial charge in [0.15, 0.2) is 17.1 Å². The second-order valence-corrected chi connectivity index (χ2v) is 4.85. The minimum absolute atomic E-state index is 0.666. The normalized spacial score (nSPS) is 12.2. The molecular weight excluding hydrogens is 364 g/mol. The Balaban J connectivity index is 4.12. The number of ether oxygens (including phenoxy) is 2. The SMILES string of the molecule is COC(=O)c1c(C(F)(F)F)nc(C(F)(F)F)c(C(=O)O)c1OC(C)C. The zero-order valence-corrected chi connectivity index (χ0v) is 12.9. The van der Waals surface area contributed by atoms with Crippen molar-refractivity contribution < 1.29 is 50.5 Å². The first kappa shape index (κ1) is 20.5. The predicted molar refractivity (Wildman–Crippen MR) is 68.3 cm³/mol. The van der Waals surface area contributed by atoms with E-state index < -0.39 is 58.7 Å². The summed E-state index contributed by atoms with van der Waals surface area (Å²) in [6.07, 6.45) is -12.1. The van der Waals surface area contributed by atoms with Crippen molar-refractivity contribution in [2.75, 3.05) is 7.11 Å². The van der Waals surface area contributed by atoms with Crippen LogP contribution in [0.5, 0.6) is 5.75 Å². The number of aromatic nitrogens is 1. The van der Waals surface area contributed by atoms with Gasteiger partial charge in [0.1, 0.15) is 11.1 Å². The molecule has 1 aromatic rings. The highest BCUT2D eigenvalue weighted by Gasteiger charge is 2.48.